The molecule has 0 spiro atoms. The number of H-pyrrole nitrogens is 1. The molecule has 2 heterocycles. The second-order valence-corrected chi connectivity index (χ2v) is 4.64. The van der Waals surface area contributed by atoms with E-state index in [0.29, 0.717) is 5.75 Å². The lowest BCUT2D eigenvalue weighted by atomic mass is 10.3. The predicted octanol–water partition coefficient (Wildman–Crippen LogP) is 2.05. The van der Waals surface area contributed by atoms with E-state index >= 15 is 0 Å². The van der Waals surface area contributed by atoms with Crippen molar-refractivity contribution in [3.63, 3.8) is 0 Å². The number of fused-ring (bicyclic) bond motifs is 1. The number of benzene rings is 1. The largest absolute Gasteiger partial charge is 0.294 e. The van der Waals surface area contributed by atoms with Crippen molar-refractivity contribution in [1.29, 1.82) is 0 Å². The molecule has 0 atom stereocenters. The topological polar surface area (TPSA) is 37.8 Å². The minimum absolute atomic E-state index is 0.134. The average Bonchev–Trinajstić information content (AvgIpc) is 2.83. The zero-order valence-corrected chi connectivity index (χ0v) is 9.18. The van der Waals surface area contributed by atoms with E-state index < -0.39 is 5.82 Å². The number of nitrogens with zero attached hydrogens (tertiary/aromatic N) is 1. The number of thioether (sulfide) groups is 1. The van der Waals surface area contributed by atoms with Crippen LogP contribution in [0.5, 0.6) is 0 Å². The first-order valence-corrected chi connectivity index (χ1v) is 6.08. The van der Waals surface area contributed by atoms with E-state index in [1.165, 1.54) is 10.7 Å². The molecule has 82 valence electrons. The van der Waals surface area contributed by atoms with Gasteiger partial charge in [0.05, 0.1) is 11.3 Å². The van der Waals surface area contributed by atoms with Crippen LogP contribution < -0.4 is 5.56 Å². The van der Waals surface area contributed by atoms with E-state index in [1.807, 2.05) is 0 Å². The number of hydrogen-bond donors (Lipinski definition) is 1. The molecule has 0 saturated heterocycles. The van der Waals surface area contributed by atoms with E-state index in [0.717, 1.165) is 17.0 Å². The smallest absolute Gasteiger partial charge is 0.275 e. The van der Waals surface area contributed by atoms with Gasteiger partial charge >= 0.3 is 0 Å². The number of hydrogen-bond acceptors (Lipinski definition) is 2. The molecular weight excluding hydrogens is 227 g/mol. The van der Waals surface area contributed by atoms with Crippen molar-refractivity contribution in [3.05, 3.63) is 51.7 Å². The SMILES string of the molecule is O=c1c2c([nH]n1-c1ccccc1F)CSC2. The van der Waals surface area contributed by atoms with Crippen molar-refractivity contribution >= 4 is 11.8 Å². The molecule has 16 heavy (non-hydrogen) atoms. The molecule has 1 aromatic carbocycles. The summed E-state index contributed by atoms with van der Waals surface area (Å²) in [7, 11) is 0. The maximum absolute atomic E-state index is 13.5. The average molecular weight is 236 g/mol. The fourth-order valence-corrected chi connectivity index (χ4v) is 2.89. The summed E-state index contributed by atoms with van der Waals surface area (Å²) in [6, 6.07) is 6.26. The van der Waals surface area contributed by atoms with Gasteiger partial charge in [-0.15, -0.1) is 0 Å². The highest BCUT2D eigenvalue weighted by atomic mass is 32.2. The second kappa shape index (κ2) is 3.52. The Labute approximate surface area is 95.3 Å². The maximum atomic E-state index is 13.5. The minimum atomic E-state index is -0.392. The Morgan fingerprint density at radius 2 is 2.12 bits per heavy atom. The lowest BCUT2D eigenvalue weighted by molar-refractivity contribution is 0.607. The highest BCUT2D eigenvalue weighted by molar-refractivity contribution is 7.98. The van der Waals surface area contributed by atoms with Crippen molar-refractivity contribution < 1.29 is 4.39 Å². The quantitative estimate of drug-likeness (QED) is 0.823. The van der Waals surface area contributed by atoms with Crippen LogP contribution in [-0.4, -0.2) is 9.78 Å². The van der Waals surface area contributed by atoms with Crippen LogP contribution in [0.4, 0.5) is 4.39 Å². The minimum Gasteiger partial charge on any atom is -0.294 e. The van der Waals surface area contributed by atoms with Crippen LogP contribution in [-0.2, 0) is 11.5 Å². The Bertz CT molecular complexity index is 602. The zero-order valence-electron chi connectivity index (χ0n) is 8.37. The molecule has 3 nitrogen and oxygen atoms in total. The summed E-state index contributed by atoms with van der Waals surface area (Å²) in [5, 5.41) is 2.96. The number of para-hydroxylation sites is 1. The third-order valence-corrected chi connectivity index (χ3v) is 3.64. The monoisotopic (exact) mass is 236 g/mol. The first kappa shape index (κ1) is 9.72. The molecule has 1 N–H and O–H groups in total. The van der Waals surface area contributed by atoms with Crippen LogP contribution >= 0.6 is 11.8 Å². The number of nitrogens with one attached hydrogen (secondary N) is 1. The second-order valence-electron chi connectivity index (χ2n) is 3.65. The molecule has 0 aliphatic carbocycles. The number of aromatic amines is 1. The van der Waals surface area contributed by atoms with Gasteiger partial charge in [-0.05, 0) is 12.1 Å². The molecule has 3 rings (SSSR count). The molecular formula is C11H9FN2OS. The summed E-state index contributed by atoms with van der Waals surface area (Å²) >= 11 is 1.69. The first-order valence-electron chi connectivity index (χ1n) is 4.93. The van der Waals surface area contributed by atoms with Gasteiger partial charge in [-0.1, -0.05) is 12.1 Å². The van der Waals surface area contributed by atoms with Gasteiger partial charge in [-0.25, -0.2) is 9.07 Å². The molecule has 5 heteroatoms. The van der Waals surface area contributed by atoms with Crippen LogP contribution in [0, 0.1) is 5.82 Å². The van der Waals surface area contributed by atoms with Gasteiger partial charge in [0.25, 0.3) is 5.56 Å². The lowest BCUT2D eigenvalue weighted by Gasteiger charge is -2.03. The Morgan fingerprint density at radius 1 is 1.31 bits per heavy atom. The maximum Gasteiger partial charge on any atom is 0.275 e. The van der Waals surface area contributed by atoms with Gasteiger partial charge in [0.1, 0.15) is 11.5 Å². The van der Waals surface area contributed by atoms with Gasteiger partial charge in [0.15, 0.2) is 0 Å². The molecule has 0 unspecified atom stereocenters. The Balaban J connectivity index is 2.22. The third-order valence-electron chi connectivity index (χ3n) is 2.66. The molecule has 0 radical (unpaired) electrons. The van der Waals surface area contributed by atoms with Crippen LogP contribution in [0.3, 0.4) is 0 Å². The zero-order chi connectivity index (χ0) is 11.1. The van der Waals surface area contributed by atoms with Gasteiger partial charge < -0.3 is 0 Å². The van der Waals surface area contributed by atoms with Gasteiger partial charge in [-0.2, -0.15) is 11.8 Å². The number of rotatable bonds is 1. The Hall–Kier alpha value is -1.49. The summed E-state index contributed by atoms with van der Waals surface area (Å²) in [6.07, 6.45) is 0. The third kappa shape index (κ3) is 1.31. The van der Waals surface area contributed by atoms with E-state index in [1.54, 1.807) is 30.0 Å². The van der Waals surface area contributed by atoms with Crippen LogP contribution in [0.1, 0.15) is 11.3 Å². The molecule has 0 bridgehead atoms. The summed E-state index contributed by atoms with van der Waals surface area (Å²) in [6.45, 7) is 0. The Morgan fingerprint density at radius 3 is 2.88 bits per heavy atom. The fraction of sp³-hybridized carbons (Fsp3) is 0.182. The fourth-order valence-electron chi connectivity index (χ4n) is 1.84. The molecule has 1 aliphatic rings. The van der Waals surface area contributed by atoms with Crippen LogP contribution in [0.2, 0.25) is 0 Å². The molecule has 1 aromatic heterocycles. The summed E-state index contributed by atoms with van der Waals surface area (Å²) in [5.41, 5.74) is 1.84. The highest BCUT2D eigenvalue weighted by Crippen LogP contribution is 2.26. The summed E-state index contributed by atoms with van der Waals surface area (Å²) in [5.74, 6) is 1.12. The van der Waals surface area contributed by atoms with Gasteiger partial charge in [0.2, 0.25) is 0 Å². The molecule has 2 aromatic rings. The molecule has 0 amide bonds. The van der Waals surface area contributed by atoms with Gasteiger partial charge in [-0.3, -0.25) is 9.89 Å². The number of aromatic nitrogens is 2. The van der Waals surface area contributed by atoms with Crippen molar-refractivity contribution in [2.24, 2.45) is 0 Å². The van der Waals surface area contributed by atoms with Crippen molar-refractivity contribution in [3.8, 4) is 5.69 Å². The molecule has 1 aliphatic heterocycles. The standard InChI is InChI=1S/C11H9FN2OS/c12-8-3-1-2-4-10(8)14-11(15)7-5-16-6-9(7)13-14/h1-4,13H,5-6H2. The summed E-state index contributed by atoms with van der Waals surface area (Å²) < 4.78 is 14.8. The van der Waals surface area contributed by atoms with Crippen molar-refractivity contribution in [1.82, 2.24) is 9.78 Å². The number of halogens is 1. The van der Waals surface area contributed by atoms with Crippen molar-refractivity contribution in [2.75, 3.05) is 0 Å². The highest BCUT2D eigenvalue weighted by Gasteiger charge is 2.21. The normalized spacial score (nSPS) is 14.1. The molecule has 0 fully saturated rings. The van der Waals surface area contributed by atoms with E-state index in [-0.39, 0.29) is 11.2 Å². The van der Waals surface area contributed by atoms with Crippen LogP contribution in [0.25, 0.3) is 5.69 Å². The Kier molecular flexibility index (Phi) is 2.14. The van der Waals surface area contributed by atoms with E-state index in [4.69, 9.17) is 0 Å². The van der Waals surface area contributed by atoms with E-state index in [2.05, 4.69) is 5.10 Å². The van der Waals surface area contributed by atoms with Crippen LogP contribution in [0.15, 0.2) is 29.1 Å². The lowest BCUT2D eigenvalue weighted by Crippen LogP contribution is -2.17. The molecule has 0 saturated carbocycles. The first-order chi connectivity index (χ1) is 7.77. The summed E-state index contributed by atoms with van der Waals surface area (Å²) in [4.78, 5) is 12.0. The predicted molar refractivity (Wildman–Crippen MR) is 61.3 cm³/mol. The van der Waals surface area contributed by atoms with E-state index in [9.17, 15) is 9.18 Å². The van der Waals surface area contributed by atoms with Crippen molar-refractivity contribution in [2.45, 2.75) is 11.5 Å². The van der Waals surface area contributed by atoms with Gasteiger partial charge in [0, 0.05) is 11.5 Å².